The molecule has 0 bridgehead atoms. The van der Waals surface area contributed by atoms with E-state index in [1.165, 1.54) is 0 Å². The number of carbonyl (C=O) groups excluding carboxylic acids is 1. The first-order valence-corrected chi connectivity index (χ1v) is 8.59. The second-order valence-electron chi connectivity index (χ2n) is 5.00. The first kappa shape index (κ1) is 18.3. The summed E-state index contributed by atoms with van der Waals surface area (Å²) < 4.78 is 11.6. The summed E-state index contributed by atoms with van der Waals surface area (Å²) in [5, 5.41) is 0. The third-order valence-corrected chi connectivity index (χ3v) is 3.67. The van der Waals surface area contributed by atoms with Crippen LogP contribution in [0.4, 0.5) is 5.69 Å². The van der Waals surface area contributed by atoms with Crippen molar-refractivity contribution in [3.05, 3.63) is 58.6 Å². The Kier molecular flexibility index (Phi) is 7.58. The van der Waals surface area contributed by atoms with Crippen molar-refractivity contribution in [2.45, 2.75) is 19.9 Å². The van der Waals surface area contributed by atoms with Crippen molar-refractivity contribution in [2.24, 2.45) is 0 Å². The maximum absolute atomic E-state index is 11.4. The summed E-state index contributed by atoms with van der Waals surface area (Å²) in [4.78, 5) is 11.4. The van der Waals surface area contributed by atoms with Gasteiger partial charge in [0, 0.05) is 22.3 Å². The van der Waals surface area contributed by atoms with Gasteiger partial charge in [-0.25, -0.2) is 5.43 Å². The number of esters is 1. The zero-order valence-electron chi connectivity index (χ0n) is 13.5. The molecule has 0 aliphatic heterocycles. The molecule has 2 aromatic carbocycles. The highest BCUT2D eigenvalue weighted by Gasteiger charge is 2.07. The van der Waals surface area contributed by atoms with E-state index in [0.29, 0.717) is 19.8 Å². The number of rotatable bonds is 9. The summed E-state index contributed by atoms with van der Waals surface area (Å²) in [6, 6.07) is 15.6. The third kappa shape index (κ3) is 6.22. The summed E-state index contributed by atoms with van der Waals surface area (Å²) in [7, 11) is 0. The fourth-order valence-corrected chi connectivity index (χ4v) is 2.48. The van der Waals surface area contributed by atoms with Gasteiger partial charge >= 0.3 is 5.97 Å². The minimum absolute atomic E-state index is 0.235. The summed E-state index contributed by atoms with van der Waals surface area (Å²) in [5.74, 6) is 0.491. The highest BCUT2D eigenvalue weighted by atomic mass is 79.9. The second-order valence-corrected chi connectivity index (χ2v) is 5.92. The van der Waals surface area contributed by atoms with E-state index in [1.54, 1.807) is 6.92 Å². The Morgan fingerprint density at radius 2 is 1.96 bits per heavy atom. The van der Waals surface area contributed by atoms with Crippen LogP contribution in [0.5, 0.6) is 5.75 Å². The Morgan fingerprint density at radius 3 is 2.71 bits per heavy atom. The lowest BCUT2D eigenvalue weighted by molar-refractivity contribution is -0.143. The van der Waals surface area contributed by atoms with Crippen LogP contribution in [0.3, 0.4) is 0 Å². The van der Waals surface area contributed by atoms with Gasteiger partial charge in [-0.3, -0.25) is 4.79 Å². The van der Waals surface area contributed by atoms with E-state index in [2.05, 4.69) is 26.8 Å². The van der Waals surface area contributed by atoms with Gasteiger partial charge in [0.1, 0.15) is 5.75 Å². The van der Waals surface area contributed by atoms with Crippen LogP contribution >= 0.6 is 15.9 Å². The van der Waals surface area contributed by atoms with Crippen molar-refractivity contribution in [1.29, 1.82) is 0 Å². The van der Waals surface area contributed by atoms with E-state index < -0.39 is 0 Å². The maximum Gasteiger partial charge on any atom is 0.309 e. The zero-order chi connectivity index (χ0) is 17.2. The minimum Gasteiger partial charge on any atom is -0.493 e. The number of nitrogens with one attached hydrogen (secondary N) is 2. The molecule has 2 aromatic rings. The van der Waals surface area contributed by atoms with Crippen molar-refractivity contribution in [3.8, 4) is 5.75 Å². The van der Waals surface area contributed by atoms with Gasteiger partial charge < -0.3 is 14.9 Å². The number of carbonyl (C=O) groups is 1. The standard InChI is InChI=1S/C18H21BrN2O3/c1-2-23-18(22)10-11-24-17-9-8-15(19)12-14(17)13-20-21-16-6-4-3-5-7-16/h3-9,12,20-21H,2,10-11,13H2,1H3. The quantitative estimate of drug-likeness (QED) is 0.500. The van der Waals surface area contributed by atoms with E-state index in [-0.39, 0.29) is 12.4 Å². The van der Waals surface area contributed by atoms with E-state index in [1.807, 2.05) is 48.5 Å². The lowest BCUT2D eigenvalue weighted by atomic mass is 10.2. The molecule has 5 nitrogen and oxygen atoms in total. The molecule has 0 spiro atoms. The highest BCUT2D eigenvalue weighted by Crippen LogP contribution is 2.23. The average Bonchev–Trinajstić information content (AvgIpc) is 2.58. The molecule has 0 aromatic heterocycles. The largest absolute Gasteiger partial charge is 0.493 e. The van der Waals surface area contributed by atoms with Gasteiger partial charge in [0.05, 0.1) is 19.6 Å². The third-order valence-electron chi connectivity index (χ3n) is 3.18. The van der Waals surface area contributed by atoms with E-state index in [4.69, 9.17) is 9.47 Å². The molecule has 0 aliphatic rings. The van der Waals surface area contributed by atoms with Gasteiger partial charge in [0.25, 0.3) is 0 Å². The van der Waals surface area contributed by atoms with Crippen LogP contribution in [-0.4, -0.2) is 19.2 Å². The lowest BCUT2D eigenvalue weighted by Crippen LogP contribution is -2.21. The van der Waals surface area contributed by atoms with E-state index in [9.17, 15) is 4.79 Å². The number of para-hydroxylation sites is 1. The topological polar surface area (TPSA) is 59.6 Å². The van der Waals surface area contributed by atoms with Crippen LogP contribution in [0, 0.1) is 0 Å². The molecular weight excluding hydrogens is 372 g/mol. The molecule has 2 rings (SSSR count). The molecular formula is C18H21BrN2O3. The molecule has 0 unspecified atom stereocenters. The Morgan fingerprint density at radius 1 is 1.17 bits per heavy atom. The summed E-state index contributed by atoms with van der Waals surface area (Å²) >= 11 is 3.47. The first-order chi connectivity index (χ1) is 11.7. The van der Waals surface area contributed by atoms with Crippen LogP contribution in [0.25, 0.3) is 0 Å². The molecule has 0 heterocycles. The highest BCUT2D eigenvalue weighted by molar-refractivity contribution is 9.10. The Labute approximate surface area is 150 Å². The molecule has 6 heteroatoms. The fraction of sp³-hybridized carbons (Fsp3) is 0.278. The molecule has 0 aliphatic carbocycles. The van der Waals surface area contributed by atoms with Crippen molar-refractivity contribution < 1.29 is 14.3 Å². The number of halogens is 1. The van der Waals surface area contributed by atoms with Gasteiger partial charge in [-0.15, -0.1) is 0 Å². The Balaban J connectivity index is 1.88. The van der Waals surface area contributed by atoms with Crippen LogP contribution < -0.4 is 15.6 Å². The van der Waals surface area contributed by atoms with Gasteiger partial charge in [-0.1, -0.05) is 34.1 Å². The summed E-state index contributed by atoms with van der Waals surface area (Å²) in [6.45, 7) is 3.04. The maximum atomic E-state index is 11.4. The second kappa shape index (κ2) is 9.95. The predicted molar refractivity (Wildman–Crippen MR) is 97.8 cm³/mol. The minimum atomic E-state index is -0.250. The number of anilines is 1. The van der Waals surface area contributed by atoms with E-state index >= 15 is 0 Å². The molecule has 24 heavy (non-hydrogen) atoms. The van der Waals surface area contributed by atoms with E-state index in [0.717, 1.165) is 21.5 Å². The number of ether oxygens (including phenoxy) is 2. The number of hydrogen-bond donors (Lipinski definition) is 2. The van der Waals surface area contributed by atoms with Crippen molar-refractivity contribution in [1.82, 2.24) is 5.43 Å². The molecule has 0 atom stereocenters. The molecule has 0 saturated carbocycles. The lowest BCUT2D eigenvalue weighted by Gasteiger charge is -2.14. The van der Waals surface area contributed by atoms with Gasteiger partial charge in [0.15, 0.2) is 0 Å². The monoisotopic (exact) mass is 392 g/mol. The van der Waals surface area contributed by atoms with Crippen LogP contribution in [0.15, 0.2) is 53.0 Å². The SMILES string of the molecule is CCOC(=O)CCOc1ccc(Br)cc1CNNc1ccccc1. The van der Waals surface area contributed by atoms with Crippen molar-refractivity contribution >= 4 is 27.6 Å². The van der Waals surface area contributed by atoms with Crippen molar-refractivity contribution in [2.75, 3.05) is 18.6 Å². The number of hydrazine groups is 1. The zero-order valence-corrected chi connectivity index (χ0v) is 15.1. The number of hydrogen-bond acceptors (Lipinski definition) is 5. The number of benzene rings is 2. The average molecular weight is 393 g/mol. The smallest absolute Gasteiger partial charge is 0.309 e. The summed E-state index contributed by atoms with van der Waals surface area (Å²) in [5.41, 5.74) is 8.27. The molecule has 0 saturated heterocycles. The normalized spacial score (nSPS) is 10.2. The molecule has 0 radical (unpaired) electrons. The van der Waals surface area contributed by atoms with Gasteiger partial charge in [-0.05, 0) is 37.3 Å². The van der Waals surface area contributed by atoms with Gasteiger partial charge in [-0.2, -0.15) is 0 Å². The van der Waals surface area contributed by atoms with Crippen LogP contribution in [0.1, 0.15) is 18.9 Å². The Hall–Kier alpha value is -2.05. The Bertz CT molecular complexity index is 650. The van der Waals surface area contributed by atoms with Crippen LogP contribution in [-0.2, 0) is 16.1 Å². The van der Waals surface area contributed by atoms with Crippen molar-refractivity contribution in [3.63, 3.8) is 0 Å². The molecule has 0 fully saturated rings. The fourth-order valence-electron chi connectivity index (χ4n) is 2.07. The van der Waals surface area contributed by atoms with Gasteiger partial charge in [0.2, 0.25) is 0 Å². The predicted octanol–water partition coefficient (Wildman–Crippen LogP) is 3.90. The molecule has 2 N–H and O–H groups in total. The summed E-state index contributed by atoms with van der Waals surface area (Å²) in [6.07, 6.45) is 0.235. The van der Waals surface area contributed by atoms with Crippen LogP contribution in [0.2, 0.25) is 0 Å². The first-order valence-electron chi connectivity index (χ1n) is 7.80. The molecule has 0 amide bonds. The molecule has 128 valence electrons.